The van der Waals surface area contributed by atoms with Gasteiger partial charge in [0.05, 0.1) is 0 Å². The summed E-state index contributed by atoms with van der Waals surface area (Å²) >= 11 is 7.74. The van der Waals surface area contributed by atoms with Crippen molar-refractivity contribution in [2.75, 3.05) is 0 Å². The molecule has 0 aliphatic heterocycles. The second kappa shape index (κ2) is 4.63. The fraction of sp³-hybridized carbons (Fsp3) is 0.625. The second-order valence-corrected chi connectivity index (χ2v) is 8.03. The minimum atomic E-state index is 0.544. The molecule has 2 aliphatic carbocycles. The number of aryl methyl sites for hydroxylation is 2. The van der Waals surface area contributed by atoms with Gasteiger partial charge in [-0.15, -0.1) is 0 Å². The van der Waals surface area contributed by atoms with Crippen LogP contribution in [0, 0.1) is 38.5 Å². The summed E-state index contributed by atoms with van der Waals surface area (Å²) in [6, 6.07) is 2.32. The number of benzene rings is 1. The predicted octanol–water partition coefficient (Wildman–Crippen LogP) is 5.86. The van der Waals surface area contributed by atoms with Gasteiger partial charge in [-0.3, -0.25) is 0 Å². The summed E-state index contributed by atoms with van der Waals surface area (Å²) in [4.78, 5) is 0.544. The number of hydrogen-bond acceptors (Lipinski definition) is 0. The van der Waals surface area contributed by atoms with Gasteiger partial charge >= 0.3 is 0 Å². The summed E-state index contributed by atoms with van der Waals surface area (Å²) in [5.41, 5.74) is 5.74. The van der Waals surface area contributed by atoms with E-state index in [2.05, 4.69) is 58.7 Å². The molecule has 2 heteroatoms. The Kier molecular flexibility index (Phi) is 3.39. The third-order valence-electron chi connectivity index (χ3n) is 4.91. The van der Waals surface area contributed by atoms with Gasteiger partial charge in [0.25, 0.3) is 0 Å². The van der Waals surface area contributed by atoms with Gasteiger partial charge in [-0.05, 0) is 80.0 Å². The van der Waals surface area contributed by atoms with Crippen LogP contribution in [0.5, 0.6) is 0 Å². The Bertz CT molecular complexity index is 482. The van der Waals surface area contributed by atoms with Gasteiger partial charge < -0.3 is 0 Å². The first-order valence-corrected chi connectivity index (χ1v) is 8.60. The summed E-state index contributed by atoms with van der Waals surface area (Å²) in [5.74, 6) is 2.97. The van der Waals surface area contributed by atoms with E-state index in [0.717, 1.165) is 17.8 Å². The number of alkyl halides is 1. The van der Waals surface area contributed by atoms with Gasteiger partial charge in [-0.25, -0.2) is 0 Å². The minimum Gasteiger partial charge on any atom is -0.0836 e. The zero-order valence-corrected chi connectivity index (χ0v) is 14.4. The van der Waals surface area contributed by atoms with Gasteiger partial charge in [-0.2, -0.15) is 0 Å². The van der Waals surface area contributed by atoms with E-state index in [0.29, 0.717) is 4.83 Å². The van der Waals surface area contributed by atoms with E-state index in [4.69, 9.17) is 0 Å². The van der Waals surface area contributed by atoms with Crippen molar-refractivity contribution in [3.63, 3.8) is 0 Å². The van der Waals surface area contributed by atoms with E-state index in [-0.39, 0.29) is 0 Å². The molecule has 0 heterocycles. The van der Waals surface area contributed by atoms with Crippen LogP contribution in [0.15, 0.2) is 10.5 Å². The Morgan fingerprint density at radius 1 is 1.06 bits per heavy atom. The Balaban J connectivity index is 1.93. The molecule has 0 saturated heterocycles. The molecule has 0 aromatic heterocycles. The smallest absolute Gasteiger partial charge is 0.0429 e. The normalized spacial score (nSPS) is 31.3. The van der Waals surface area contributed by atoms with Crippen molar-refractivity contribution >= 4 is 31.9 Å². The van der Waals surface area contributed by atoms with E-state index in [1.807, 2.05) is 0 Å². The van der Waals surface area contributed by atoms with Gasteiger partial charge in [0.15, 0.2) is 0 Å². The molecule has 2 fully saturated rings. The Labute approximate surface area is 127 Å². The van der Waals surface area contributed by atoms with Crippen LogP contribution in [-0.4, -0.2) is 0 Å². The highest BCUT2D eigenvalue weighted by Crippen LogP contribution is 2.59. The summed E-state index contributed by atoms with van der Waals surface area (Å²) in [7, 11) is 0. The minimum absolute atomic E-state index is 0.544. The van der Waals surface area contributed by atoms with Crippen molar-refractivity contribution in [2.24, 2.45) is 17.8 Å². The maximum Gasteiger partial charge on any atom is 0.0429 e. The molecule has 2 saturated carbocycles. The van der Waals surface area contributed by atoms with Crippen LogP contribution < -0.4 is 0 Å². The molecule has 2 aliphatic rings. The van der Waals surface area contributed by atoms with E-state index < -0.39 is 0 Å². The molecular weight excluding hydrogens is 352 g/mol. The van der Waals surface area contributed by atoms with E-state index in [9.17, 15) is 0 Å². The third-order valence-corrected chi connectivity index (χ3v) is 7.33. The third kappa shape index (κ3) is 2.10. The number of hydrogen-bond donors (Lipinski definition) is 0. The fourth-order valence-electron chi connectivity index (χ4n) is 3.84. The molecule has 0 spiro atoms. The van der Waals surface area contributed by atoms with Crippen molar-refractivity contribution in [1.82, 2.24) is 0 Å². The number of rotatable bonds is 2. The summed E-state index contributed by atoms with van der Waals surface area (Å²) in [6.45, 7) is 6.69. The molecule has 0 amide bonds. The molecule has 18 heavy (non-hydrogen) atoms. The van der Waals surface area contributed by atoms with Gasteiger partial charge in [0.2, 0.25) is 0 Å². The zero-order valence-electron chi connectivity index (χ0n) is 11.3. The first kappa shape index (κ1) is 13.2. The molecule has 1 aromatic rings. The Morgan fingerprint density at radius 2 is 1.67 bits per heavy atom. The maximum atomic E-state index is 4.00. The fourth-order valence-corrected chi connectivity index (χ4v) is 5.30. The van der Waals surface area contributed by atoms with Crippen LogP contribution >= 0.6 is 31.9 Å². The highest BCUT2D eigenvalue weighted by molar-refractivity contribution is 9.10. The molecule has 1 aromatic carbocycles. The average molecular weight is 372 g/mol. The summed E-state index contributed by atoms with van der Waals surface area (Å²) < 4.78 is 1.29. The van der Waals surface area contributed by atoms with Crippen LogP contribution in [0.4, 0.5) is 0 Å². The zero-order chi connectivity index (χ0) is 13.0. The first-order valence-electron chi connectivity index (χ1n) is 6.89. The topological polar surface area (TPSA) is 0 Å². The standard InChI is InChI=1S/C16H20Br2/c1-8-4-9(2)15(17)10(3)14(8)16(18)13-6-11-5-12(11)7-13/h4,11-13,16H,5-7H2,1-3H3. The molecule has 0 radical (unpaired) electrons. The number of fused-ring (bicyclic) bond motifs is 1. The molecule has 3 unspecified atom stereocenters. The monoisotopic (exact) mass is 370 g/mol. The van der Waals surface area contributed by atoms with E-state index >= 15 is 0 Å². The van der Waals surface area contributed by atoms with Crippen LogP contribution in [0.25, 0.3) is 0 Å². The van der Waals surface area contributed by atoms with Crippen molar-refractivity contribution in [3.8, 4) is 0 Å². The predicted molar refractivity (Wildman–Crippen MR) is 84.3 cm³/mol. The first-order chi connectivity index (χ1) is 8.49. The Morgan fingerprint density at radius 3 is 2.28 bits per heavy atom. The lowest BCUT2D eigenvalue weighted by atomic mass is 9.89. The summed E-state index contributed by atoms with van der Waals surface area (Å²) in [6.07, 6.45) is 4.38. The lowest BCUT2D eigenvalue weighted by Crippen LogP contribution is -2.09. The molecule has 0 N–H and O–H groups in total. The van der Waals surface area contributed by atoms with Crippen LogP contribution in [0.2, 0.25) is 0 Å². The van der Waals surface area contributed by atoms with E-state index in [1.54, 1.807) is 0 Å². The lowest BCUT2D eigenvalue weighted by molar-refractivity contribution is 0.480. The molecule has 3 rings (SSSR count). The maximum absolute atomic E-state index is 4.00. The number of halogens is 2. The van der Waals surface area contributed by atoms with Gasteiger partial charge in [0.1, 0.15) is 0 Å². The van der Waals surface area contributed by atoms with Crippen molar-refractivity contribution in [2.45, 2.75) is 44.9 Å². The SMILES string of the molecule is Cc1cc(C)c(C(Br)C2CC3CC3C2)c(C)c1Br. The highest BCUT2D eigenvalue weighted by atomic mass is 79.9. The summed E-state index contributed by atoms with van der Waals surface area (Å²) in [5, 5.41) is 0. The van der Waals surface area contributed by atoms with Crippen molar-refractivity contribution in [3.05, 3.63) is 32.8 Å². The molecular formula is C16H20Br2. The quantitative estimate of drug-likeness (QED) is 0.571. The highest BCUT2D eigenvalue weighted by Gasteiger charge is 2.47. The molecule has 98 valence electrons. The van der Waals surface area contributed by atoms with Crippen LogP contribution in [0.3, 0.4) is 0 Å². The Hall–Kier alpha value is 0.180. The molecule has 0 bridgehead atoms. The second-order valence-electron chi connectivity index (χ2n) is 6.25. The average Bonchev–Trinajstić information content (AvgIpc) is 2.93. The largest absolute Gasteiger partial charge is 0.0836 e. The van der Waals surface area contributed by atoms with E-state index in [1.165, 1.54) is 46.0 Å². The van der Waals surface area contributed by atoms with Crippen molar-refractivity contribution < 1.29 is 0 Å². The lowest BCUT2D eigenvalue weighted by Gasteiger charge is -2.24. The van der Waals surface area contributed by atoms with Crippen LogP contribution in [-0.2, 0) is 0 Å². The molecule has 3 atom stereocenters. The molecule has 0 nitrogen and oxygen atoms in total. The van der Waals surface area contributed by atoms with Gasteiger partial charge in [0, 0.05) is 9.30 Å². The van der Waals surface area contributed by atoms with Crippen LogP contribution in [0.1, 0.15) is 46.3 Å². The van der Waals surface area contributed by atoms with Gasteiger partial charge in [-0.1, -0.05) is 37.9 Å². The van der Waals surface area contributed by atoms with Crippen molar-refractivity contribution in [1.29, 1.82) is 0 Å².